The van der Waals surface area contributed by atoms with Crippen LogP contribution in [0.3, 0.4) is 0 Å². The number of benzene rings is 3. The fourth-order valence-corrected chi connectivity index (χ4v) is 3.12. The normalized spacial score (nSPS) is 10.9. The van der Waals surface area contributed by atoms with E-state index in [-0.39, 0.29) is 5.56 Å². The van der Waals surface area contributed by atoms with Gasteiger partial charge in [0.25, 0.3) is 0 Å². The van der Waals surface area contributed by atoms with Gasteiger partial charge in [-0.3, -0.25) is 0 Å². The number of carbonyl (C=O) groups is 1. The summed E-state index contributed by atoms with van der Waals surface area (Å²) >= 11 is 0. The highest BCUT2D eigenvalue weighted by Gasteiger charge is 2.09. The molecule has 0 atom stereocenters. The summed E-state index contributed by atoms with van der Waals surface area (Å²) in [5, 5.41) is 9.11. The number of rotatable bonds is 5. The molecule has 0 saturated heterocycles. The molecule has 134 valence electrons. The van der Waals surface area contributed by atoms with E-state index < -0.39 is 5.97 Å². The van der Waals surface area contributed by atoms with E-state index in [4.69, 9.17) is 9.84 Å². The number of fused-ring (bicyclic) bond motifs is 1. The minimum Gasteiger partial charge on any atom is -0.496 e. The van der Waals surface area contributed by atoms with Gasteiger partial charge in [-0.05, 0) is 35.4 Å². The van der Waals surface area contributed by atoms with Gasteiger partial charge in [0.05, 0.1) is 23.7 Å². The zero-order valence-electron chi connectivity index (χ0n) is 14.8. The minimum atomic E-state index is -0.956. The Morgan fingerprint density at radius 2 is 1.85 bits per heavy atom. The van der Waals surface area contributed by atoms with Gasteiger partial charge in [0.1, 0.15) is 11.6 Å². The van der Waals surface area contributed by atoms with Gasteiger partial charge in [0, 0.05) is 12.0 Å². The second kappa shape index (κ2) is 6.96. The third-order valence-corrected chi connectivity index (χ3v) is 4.54. The van der Waals surface area contributed by atoms with Crippen molar-refractivity contribution >= 4 is 17.0 Å². The third-order valence-electron chi connectivity index (χ3n) is 4.54. The Bertz CT molecular complexity index is 1110. The first-order valence-electron chi connectivity index (χ1n) is 8.58. The molecule has 3 aromatic carbocycles. The molecule has 0 radical (unpaired) electrons. The minimum absolute atomic E-state index is 0.229. The van der Waals surface area contributed by atoms with Crippen LogP contribution in [0.25, 0.3) is 22.4 Å². The first kappa shape index (κ1) is 16.8. The predicted molar refractivity (Wildman–Crippen MR) is 104 cm³/mol. The molecule has 5 nitrogen and oxygen atoms in total. The van der Waals surface area contributed by atoms with Crippen molar-refractivity contribution in [3.05, 3.63) is 83.4 Å². The molecule has 0 aliphatic carbocycles. The van der Waals surface area contributed by atoms with E-state index in [1.807, 2.05) is 30.3 Å². The summed E-state index contributed by atoms with van der Waals surface area (Å²) in [5.74, 6) is 0.645. The lowest BCUT2D eigenvalue weighted by atomic mass is 10.0. The topological polar surface area (TPSA) is 75.2 Å². The van der Waals surface area contributed by atoms with Gasteiger partial charge >= 0.3 is 5.97 Å². The van der Waals surface area contributed by atoms with Crippen LogP contribution >= 0.6 is 0 Å². The maximum Gasteiger partial charge on any atom is 0.335 e. The predicted octanol–water partition coefficient (Wildman–Crippen LogP) is 4.53. The third kappa shape index (κ3) is 3.40. The molecule has 5 heteroatoms. The van der Waals surface area contributed by atoms with E-state index in [1.165, 1.54) is 5.56 Å². The first-order valence-corrected chi connectivity index (χ1v) is 8.58. The van der Waals surface area contributed by atoms with Crippen LogP contribution in [-0.2, 0) is 6.42 Å². The molecule has 27 heavy (non-hydrogen) atoms. The Labute approximate surface area is 156 Å². The maximum atomic E-state index is 11.1. The molecule has 0 aliphatic heterocycles. The number of aromatic amines is 1. The summed E-state index contributed by atoms with van der Waals surface area (Å²) in [5.41, 5.74) is 4.95. The van der Waals surface area contributed by atoms with Gasteiger partial charge in [-0.2, -0.15) is 0 Å². The van der Waals surface area contributed by atoms with E-state index in [0.29, 0.717) is 5.52 Å². The second-order valence-corrected chi connectivity index (χ2v) is 6.31. The van der Waals surface area contributed by atoms with Gasteiger partial charge in [-0.1, -0.05) is 42.5 Å². The van der Waals surface area contributed by atoms with Crippen molar-refractivity contribution in [3.8, 4) is 17.1 Å². The number of hydrogen-bond acceptors (Lipinski definition) is 3. The number of nitrogens with zero attached hydrogens (tertiary/aromatic N) is 1. The highest BCUT2D eigenvalue weighted by atomic mass is 16.5. The summed E-state index contributed by atoms with van der Waals surface area (Å²) in [4.78, 5) is 18.9. The number of para-hydroxylation sites is 1. The van der Waals surface area contributed by atoms with Gasteiger partial charge in [0.2, 0.25) is 0 Å². The Kier molecular flexibility index (Phi) is 4.34. The SMILES string of the molecule is COc1ccccc1Cc1ccc(-c2nc3cc(C(=O)O)ccc3[nH]2)cc1. The standard InChI is InChI=1S/C22H18N2O3/c1-27-20-5-3-2-4-16(20)12-14-6-8-15(9-7-14)21-23-18-11-10-17(22(25)26)13-19(18)24-21/h2-11,13H,12H2,1H3,(H,23,24)(H,25,26). The number of H-pyrrole nitrogens is 1. The number of aromatic nitrogens is 2. The lowest BCUT2D eigenvalue weighted by Crippen LogP contribution is -1.94. The zero-order valence-corrected chi connectivity index (χ0v) is 14.8. The monoisotopic (exact) mass is 358 g/mol. The van der Waals surface area contributed by atoms with Crippen LogP contribution in [0.5, 0.6) is 5.75 Å². The summed E-state index contributed by atoms with van der Waals surface area (Å²) in [6, 6.07) is 21.0. The van der Waals surface area contributed by atoms with Gasteiger partial charge in [-0.15, -0.1) is 0 Å². The molecule has 0 aliphatic rings. The summed E-state index contributed by atoms with van der Waals surface area (Å²) < 4.78 is 5.41. The number of imidazole rings is 1. The number of nitrogens with one attached hydrogen (secondary N) is 1. The van der Waals surface area contributed by atoms with E-state index in [1.54, 1.807) is 25.3 Å². The van der Waals surface area contributed by atoms with E-state index in [0.717, 1.165) is 34.6 Å². The molecule has 0 spiro atoms. The van der Waals surface area contributed by atoms with Crippen LogP contribution in [0, 0.1) is 0 Å². The van der Waals surface area contributed by atoms with Crippen LogP contribution in [0.15, 0.2) is 66.7 Å². The quantitative estimate of drug-likeness (QED) is 0.550. The highest BCUT2D eigenvalue weighted by molar-refractivity contribution is 5.93. The van der Waals surface area contributed by atoms with Crippen molar-refractivity contribution in [2.45, 2.75) is 6.42 Å². The number of methoxy groups -OCH3 is 1. The van der Waals surface area contributed by atoms with Crippen LogP contribution in [0.2, 0.25) is 0 Å². The van der Waals surface area contributed by atoms with Crippen molar-refractivity contribution < 1.29 is 14.6 Å². The lowest BCUT2D eigenvalue weighted by molar-refractivity contribution is 0.0697. The molecule has 0 unspecified atom stereocenters. The summed E-state index contributed by atoms with van der Waals surface area (Å²) in [6.07, 6.45) is 0.784. The van der Waals surface area contributed by atoms with Crippen molar-refractivity contribution in [1.82, 2.24) is 9.97 Å². The molecule has 4 aromatic rings. The molecule has 0 bridgehead atoms. The number of aromatic carboxylic acids is 1. The molecular weight excluding hydrogens is 340 g/mol. The maximum absolute atomic E-state index is 11.1. The average Bonchev–Trinajstić information content (AvgIpc) is 3.12. The van der Waals surface area contributed by atoms with Crippen molar-refractivity contribution in [2.75, 3.05) is 7.11 Å². The Morgan fingerprint density at radius 3 is 2.59 bits per heavy atom. The molecule has 1 heterocycles. The Hall–Kier alpha value is -3.60. The van der Waals surface area contributed by atoms with Crippen LogP contribution in [0.1, 0.15) is 21.5 Å². The van der Waals surface area contributed by atoms with Gasteiger partial charge < -0.3 is 14.8 Å². The molecule has 1 aromatic heterocycles. The van der Waals surface area contributed by atoms with Crippen LogP contribution < -0.4 is 4.74 Å². The van der Waals surface area contributed by atoms with Gasteiger partial charge in [-0.25, -0.2) is 9.78 Å². The Balaban J connectivity index is 1.60. The lowest BCUT2D eigenvalue weighted by Gasteiger charge is -2.08. The zero-order chi connectivity index (χ0) is 18.8. The summed E-state index contributed by atoms with van der Waals surface area (Å²) in [6.45, 7) is 0. The molecular formula is C22H18N2O3. The van der Waals surface area contributed by atoms with Crippen molar-refractivity contribution in [1.29, 1.82) is 0 Å². The average molecular weight is 358 g/mol. The first-order chi connectivity index (χ1) is 13.1. The van der Waals surface area contributed by atoms with Crippen LogP contribution in [-0.4, -0.2) is 28.2 Å². The fourth-order valence-electron chi connectivity index (χ4n) is 3.12. The second-order valence-electron chi connectivity index (χ2n) is 6.31. The molecule has 4 rings (SSSR count). The number of hydrogen-bond donors (Lipinski definition) is 2. The Morgan fingerprint density at radius 1 is 1.07 bits per heavy atom. The highest BCUT2D eigenvalue weighted by Crippen LogP contribution is 2.24. The van der Waals surface area contributed by atoms with Crippen molar-refractivity contribution in [3.63, 3.8) is 0 Å². The van der Waals surface area contributed by atoms with E-state index in [2.05, 4.69) is 28.2 Å². The molecule has 2 N–H and O–H groups in total. The molecule has 0 amide bonds. The number of carboxylic acids is 1. The van der Waals surface area contributed by atoms with E-state index in [9.17, 15) is 4.79 Å². The van der Waals surface area contributed by atoms with Crippen LogP contribution in [0.4, 0.5) is 0 Å². The smallest absolute Gasteiger partial charge is 0.335 e. The molecule has 0 saturated carbocycles. The largest absolute Gasteiger partial charge is 0.496 e. The molecule has 0 fully saturated rings. The number of carboxylic acid groups (broad SMARTS) is 1. The van der Waals surface area contributed by atoms with E-state index >= 15 is 0 Å². The number of ether oxygens (including phenoxy) is 1. The summed E-state index contributed by atoms with van der Waals surface area (Å²) in [7, 11) is 1.68. The fraction of sp³-hybridized carbons (Fsp3) is 0.0909. The van der Waals surface area contributed by atoms with Gasteiger partial charge in [0.15, 0.2) is 0 Å². The van der Waals surface area contributed by atoms with Crippen molar-refractivity contribution in [2.24, 2.45) is 0 Å².